The van der Waals surface area contributed by atoms with E-state index >= 15 is 0 Å². The average molecular weight is 246 g/mol. The molecule has 0 saturated heterocycles. The highest BCUT2D eigenvalue weighted by Crippen LogP contribution is 2.05. The standard InChI is InChI=1S/C12H14N4O2/c1-9(11-13-8-14-16-11)15-12(17)18-7-10-5-3-2-4-6-10/h2-6,8-9H,7H2,1H3,(H,15,17)(H,13,14,16)/t9-/m0/s1. The molecule has 2 rings (SSSR count). The van der Waals surface area contributed by atoms with Gasteiger partial charge in [0.25, 0.3) is 0 Å². The van der Waals surface area contributed by atoms with Crippen molar-refractivity contribution in [3.05, 3.63) is 48.0 Å². The Balaban J connectivity index is 1.79. The number of aromatic amines is 1. The number of hydrogen-bond acceptors (Lipinski definition) is 4. The number of aromatic nitrogens is 3. The van der Waals surface area contributed by atoms with Crippen molar-refractivity contribution in [1.29, 1.82) is 0 Å². The minimum Gasteiger partial charge on any atom is -0.445 e. The van der Waals surface area contributed by atoms with E-state index < -0.39 is 6.09 Å². The van der Waals surface area contributed by atoms with Gasteiger partial charge in [-0.3, -0.25) is 5.10 Å². The molecular formula is C12H14N4O2. The number of amides is 1. The normalized spacial score (nSPS) is 11.8. The third-order valence-electron chi connectivity index (χ3n) is 2.39. The third kappa shape index (κ3) is 3.31. The summed E-state index contributed by atoms with van der Waals surface area (Å²) in [6.45, 7) is 2.04. The smallest absolute Gasteiger partial charge is 0.408 e. The van der Waals surface area contributed by atoms with Gasteiger partial charge in [0.2, 0.25) is 0 Å². The van der Waals surface area contributed by atoms with E-state index in [-0.39, 0.29) is 12.6 Å². The molecule has 2 aromatic rings. The molecular weight excluding hydrogens is 232 g/mol. The van der Waals surface area contributed by atoms with Crippen molar-refractivity contribution < 1.29 is 9.53 Å². The highest BCUT2D eigenvalue weighted by Gasteiger charge is 2.12. The molecule has 1 aromatic carbocycles. The first-order valence-electron chi connectivity index (χ1n) is 5.58. The second-order valence-corrected chi connectivity index (χ2v) is 3.80. The number of carbonyl (C=O) groups is 1. The highest BCUT2D eigenvalue weighted by atomic mass is 16.5. The summed E-state index contributed by atoms with van der Waals surface area (Å²) in [6.07, 6.45) is 0.908. The van der Waals surface area contributed by atoms with E-state index in [2.05, 4.69) is 20.5 Å². The van der Waals surface area contributed by atoms with Crippen molar-refractivity contribution in [2.24, 2.45) is 0 Å². The van der Waals surface area contributed by atoms with Crippen LogP contribution in [0.3, 0.4) is 0 Å². The van der Waals surface area contributed by atoms with Crippen LogP contribution in [0.15, 0.2) is 36.7 Å². The summed E-state index contributed by atoms with van der Waals surface area (Å²) < 4.78 is 5.08. The molecule has 0 fully saturated rings. The number of carbonyl (C=O) groups excluding carboxylic acids is 1. The number of hydrogen-bond donors (Lipinski definition) is 2. The zero-order valence-corrected chi connectivity index (χ0v) is 9.96. The first-order valence-corrected chi connectivity index (χ1v) is 5.58. The van der Waals surface area contributed by atoms with Crippen molar-refractivity contribution >= 4 is 6.09 Å². The van der Waals surface area contributed by atoms with Gasteiger partial charge in [0, 0.05) is 0 Å². The Bertz CT molecular complexity index is 484. The van der Waals surface area contributed by atoms with Gasteiger partial charge >= 0.3 is 6.09 Å². The molecule has 1 aromatic heterocycles. The fraction of sp³-hybridized carbons (Fsp3) is 0.250. The largest absolute Gasteiger partial charge is 0.445 e. The first kappa shape index (κ1) is 12.1. The Morgan fingerprint density at radius 3 is 2.89 bits per heavy atom. The lowest BCUT2D eigenvalue weighted by Gasteiger charge is -2.11. The summed E-state index contributed by atoms with van der Waals surface area (Å²) in [7, 11) is 0. The van der Waals surface area contributed by atoms with Crippen LogP contribution in [0.1, 0.15) is 24.4 Å². The molecule has 0 bridgehead atoms. The predicted molar refractivity (Wildman–Crippen MR) is 64.6 cm³/mol. The van der Waals surface area contributed by atoms with Crippen LogP contribution in [0.25, 0.3) is 0 Å². The van der Waals surface area contributed by atoms with Crippen molar-refractivity contribution in [1.82, 2.24) is 20.5 Å². The average Bonchev–Trinajstić information content (AvgIpc) is 2.91. The van der Waals surface area contributed by atoms with Crippen LogP contribution in [0.5, 0.6) is 0 Å². The fourth-order valence-corrected chi connectivity index (χ4v) is 1.43. The van der Waals surface area contributed by atoms with Crippen molar-refractivity contribution in [3.8, 4) is 0 Å². The molecule has 0 aliphatic rings. The SMILES string of the molecule is C[C@H](NC(=O)OCc1ccccc1)c1ncn[nH]1. The Morgan fingerprint density at radius 2 is 2.22 bits per heavy atom. The maximum absolute atomic E-state index is 11.5. The molecule has 1 atom stereocenters. The molecule has 0 aliphatic carbocycles. The summed E-state index contributed by atoms with van der Waals surface area (Å²) in [5.74, 6) is 0.590. The summed E-state index contributed by atoms with van der Waals surface area (Å²) in [6, 6.07) is 9.23. The van der Waals surface area contributed by atoms with Crippen LogP contribution in [-0.4, -0.2) is 21.3 Å². The topological polar surface area (TPSA) is 79.9 Å². The number of nitrogens with one attached hydrogen (secondary N) is 2. The zero-order chi connectivity index (χ0) is 12.8. The van der Waals surface area contributed by atoms with E-state index in [1.165, 1.54) is 6.33 Å². The van der Waals surface area contributed by atoms with Gasteiger partial charge in [-0.25, -0.2) is 9.78 Å². The molecule has 0 unspecified atom stereocenters. The van der Waals surface area contributed by atoms with Crippen molar-refractivity contribution in [2.75, 3.05) is 0 Å². The highest BCUT2D eigenvalue weighted by molar-refractivity contribution is 5.67. The number of H-pyrrole nitrogens is 1. The summed E-state index contributed by atoms with van der Waals surface area (Å²) in [4.78, 5) is 15.5. The minimum atomic E-state index is -0.484. The maximum Gasteiger partial charge on any atom is 0.408 e. The molecule has 94 valence electrons. The molecule has 0 radical (unpaired) electrons. The number of alkyl carbamates (subject to hydrolysis) is 1. The van der Waals surface area contributed by atoms with E-state index in [0.717, 1.165) is 5.56 Å². The van der Waals surface area contributed by atoms with Gasteiger partial charge in [0.05, 0.1) is 6.04 Å². The molecule has 18 heavy (non-hydrogen) atoms. The molecule has 6 heteroatoms. The van der Waals surface area contributed by atoms with E-state index in [9.17, 15) is 4.79 Å². The molecule has 0 aliphatic heterocycles. The zero-order valence-electron chi connectivity index (χ0n) is 9.96. The molecule has 2 N–H and O–H groups in total. The predicted octanol–water partition coefficient (Wildman–Crippen LogP) is 1.79. The monoisotopic (exact) mass is 246 g/mol. The number of ether oxygens (including phenoxy) is 1. The Labute approximate surface area is 104 Å². The van der Waals surface area contributed by atoms with Gasteiger partial charge in [0.1, 0.15) is 18.8 Å². The summed E-state index contributed by atoms with van der Waals surface area (Å²) in [5, 5.41) is 9.06. The molecule has 0 saturated carbocycles. The van der Waals surface area contributed by atoms with Gasteiger partial charge in [-0.05, 0) is 12.5 Å². The van der Waals surface area contributed by atoms with Crippen LogP contribution in [0.4, 0.5) is 4.79 Å². The molecule has 0 spiro atoms. The van der Waals surface area contributed by atoms with Crippen molar-refractivity contribution in [3.63, 3.8) is 0 Å². The Kier molecular flexibility index (Phi) is 3.90. The number of benzene rings is 1. The van der Waals surface area contributed by atoms with E-state index in [0.29, 0.717) is 5.82 Å². The first-order chi connectivity index (χ1) is 8.75. The Hall–Kier alpha value is -2.37. The maximum atomic E-state index is 11.5. The number of rotatable bonds is 4. The lowest BCUT2D eigenvalue weighted by molar-refractivity contribution is 0.136. The Morgan fingerprint density at radius 1 is 1.44 bits per heavy atom. The second kappa shape index (κ2) is 5.81. The van der Waals surface area contributed by atoms with Gasteiger partial charge in [-0.1, -0.05) is 30.3 Å². The second-order valence-electron chi connectivity index (χ2n) is 3.80. The van der Waals surface area contributed by atoms with Crippen LogP contribution in [0, 0.1) is 0 Å². The lowest BCUT2D eigenvalue weighted by Crippen LogP contribution is -2.27. The summed E-state index contributed by atoms with van der Waals surface area (Å²) >= 11 is 0. The molecule has 1 amide bonds. The van der Waals surface area contributed by atoms with Crippen molar-refractivity contribution in [2.45, 2.75) is 19.6 Å². The van der Waals surface area contributed by atoms with Gasteiger partial charge < -0.3 is 10.1 Å². The van der Waals surface area contributed by atoms with E-state index in [1.807, 2.05) is 30.3 Å². The quantitative estimate of drug-likeness (QED) is 0.861. The van der Waals surface area contributed by atoms with Crippen LogP contribution >= 0.6 is 0 Å². The van der Waals surface area contributed by atoms with E-state index in [1.54, 1.807) is 6.92 Å². The number of nitrogens with zero attached hydrogens (tertiary/aromatic N) is 2. The fourth-order valence-electron chi connectivity index (χ4n) is 1.43. The van der Waals surface area contributed by atoms with Crippen LogP contribution in [-0.2, 0) is 11.3 Å². The van der Waals surface area contributed by atoms with Crippen LogP contribution in [0.2, 0.25) is 0 Å². The third-order valence-corrected chi connectivity index (χ3v) is 2.39. The minimum absolute atomic E-state index is 0.246. The lowest BCUT2D eigenvalue weighted by atomic mass is 10.2. The molecule has 6 nitrogen and oxygen atoms in total. The van der Waals surface area contributed by atoms with Gasteiger partial charge in [0.15, 0.2) is 0 Å². The summed E-state index contributed by atoms with van der Waals surface area (Å²) in [5.41, 5.74) is 0.944. The van der Waals surface area contributed by atoms with Crippen LogP contribution < -0.4 is 5.32 Å². The van der Waals surface area contributed by atoms with Gasteiger partial charge in [-0.2, -0.15) is 5.10 Å². The van der Waals surface area contributed by atoms with Gasteiger partial charge in [-0.15, -0.1) is 0 Å². The van der Waals surface area contributed by atoms with E-state index in [4.69, 9.17) is 4.74 Å². The molecule has 1 heterocycles.